The van der Waals surface area contributed by atoms with Crippen LogP contribution in [-0.4, -0.2) is 25.5 Å². The van der Waals surface area contributed by atoms with Gasteiger partial charge in [-0.1, -0.05) is 24.3 Å². The topological polar surface area (TPSA) is 58.6 Å². The third-order valence-electron chi connectivity index (χ3n) is 4.10. The van der Waals surface area contributed by atoms with Crippen molar-refractivity contribution in [3.63, 3.8) is 0 Å². The molecule has 2 rings (SSSR count). The van der Waals surface area contributed by atoms with Gasteiger partial charge in [0.2, 0.25) is 11.8 Å². The predicted octanol–water partition coefficient (Wildman–Crippen LogP) is 3.77. The number of ether oxygens (including phenoxy) is 1. The Morgan fingerprint density at radius 3 is 2.46 bits per heavy atom. The van der Waals surface area contributed by atoms with Crippen LogP contribution < -0.4 is 15.0 Å². The molecule has 0 saturated carbocycles. The molecule has 2 aromatic rings. The van der Waals surface area contributed by atoms with Gasteiger partial charge in [-0.3, -0.25) is 9.59 Å². The van der Waals surface area contributed by atoms with E-state index in [0.29, 0.717) is 5.75 Å². The number of carbonyl (C=O) groups excluding carboxylic acids is 2. The van der Waals surface area contributed by atoms with Crippen LogP contribution in [0, 0.1) is 0 Å². The molecule has 8 heteroatoms. The molecule has 0 aromatic heterocycles. The maximum atomic E-state index is 12.9. The number of carbonyl (C=O) groups is 2. The number of amides is 2. The molecule has 0 heterocycles. The SMILES string of the molecule is COc1ccccc1CNC(=O)CCN(C(C)=O)c1cccc(C(F)(F)F)c1. The molecule has 0 fully saturated rings. The van der Waals surface area contributed by atoms with E-state index in [2.05, 4.69) is 5.32 Å². The van der Waals surface area contributed by atoms with Gasteiger partial charge >= 0.3 is 6.18 Å². The van der Waals surface area contributed by atoms with Crippen molar-refractivity contribution in [3.8, 4) is 5.75 Å². The average Bonchev–Trinajstić information content (AvgIpc) is 2.66. The minimum absolute atomic E-state index is 0.0333. The number of hydrogen-bond donors (Lipinski definition) is 1. The first-order valence-electron chi connectivity index (χ1n) is 8.56. The lowest BCUT2D eigenvalue weighted by molar-refractivity contribution is -0.137. The van der Waals surface area contributed by atoms with Crippen LogP contribution in [0.4, 0.5) is 18.9 Å². The number of nitrogens with zero attached hydrogens (tertiary/aromatic N) is 1. The lowest BCUT2D eigenvalue weighted by atomic mass is 10.1. The van der Waals surface area contributed by atoms with Crippen LogP contribution >= 0.6 is 0 Å². The van der Waals surface area contributed by atoms with Crippen molar-refractivity contribution in [1.29, 1.82) is 0 Å². The van der Waals surface area contributed by atoms with Gasteiger partial charge < -0.3 is 15.0 Å². The zero-order valence-electron chi connectivity index (χ0n) is 15.5. The van der Waals surface area contributed by atoms with Crippen molar-refractivity contribution in [2.75, 3.05) is 18.6 Å². The summed E-state index contributed by atoms with van der Waals surface area (Å²) in [4.78, 5) is 25.2. The summed E-state index contributed by atoms with van der Waals surface area (Å²) in [5.74, 6) is -0.141. The Kier molecular flexibility index (Phi) is 7.03. The van der Waals surface area contributed by atoms with Gasteiger partial charge in [-0.25, -0.2) is 0 Å². The molecule has 0 aliphatic heterocycles. The van der Waals surface area contributed by atoms with E-state index < -0.39 is 17.6 Å². The first kappa shape index (κ1) is 21.3. The number of nitrogens with one attached hydrogen (secondary N) is 1. The molecule has 0 unspecified atom stereocenters. The highest BCUT2D eigenvalue weighted by Gasteiger charge is 2.31. The molecule has 2 aromatic carbocycles. The van der Waals surface area contributed by atoms with E-state index in [1.54, 1.807) is 6.07 Å². The molecule has 1 N–H and O–H groups in total. The minimum Gasteiger partial charge on any atom is -0.496 e. The van der Waals surface area contributed by atoms with E-state index in [-0.39, 0.29) is 31.1 Å². The van der Waals surface area contributed by atoms with Gasteiger partial charge in [0.25, 0.3) is 0 Å². The maximum Gasteiger partial charge on any atom is 0.416 e. The quantitative estimate of drug-likeness (QED) is 0.778. The summed E-state index contributed by atoms with van der Waals surface area (Å²) in [6.07, 6.45) is -4.56. The first-order valence-corrected chi connectivity index (χ1v) is 8.56. The summed E-state index contributed by atoms with van der Waals surface area (Å²) in [5, 5.41) is 2.72. The highest BCUT2D eigenvalue weighted by molar-refractivity contribution is 5.92. The Morgan fingerprint density at radius 2 is 1.82 bits per heavy atom. The number of hydrogen-bond acceptors (Lipinski definition) is 3. The number of alkyl halides is 3. The van der Waals surface area contributed by atoms with Gasteiger partial charge in [0.1, 0.15) is 5.75 Å². The third kappa shape index (κ3) is 5.73. The smallest absolute Gasteiger partial charge is 0.416 e. The van der Waals surface area contributed by atoms with E-state index in [0.717, 1.165) is 22.6 Å². The van der Waals surface area contributed by atoms with Crippen LogP contribution in [0.2, 0.25) is 0 Å². The lowest BCUT2D eigenvalue weighted by Gasteiger charge is -2.22. The Balaban J connectivity index is 2.00. The van der Waals surface area contributed by atoms with Crippen LogP contribution in [0.5, 0.6) is 5.75 Å². The zero-order chi connectivity index (χ0) is 20.7. The maximum absolute atomic E-state index is 12.9. The molecule has 2 amide bonds. The van der Waals surface area contributed by atoms with E-state index in [9.17, 15) is 22.8 Å². The Morgan fingerprint density at radius 1 is 1.11 bits per heavy atom. The van der Waals surface area contributed by atoms with Gasteiger partial charge in [0.05, 0.1) is 12.7 Å². The zero-order valence-corrected chi connectivity index (χ0v) is 15.5. The third-order valence-corrected chi connectivity index (χ3v) is 4.10. The number of benzene rings is 2. The second kappa shape index (κ2) is 9.25. The summed E-state index contributed by atoms with van der Waals surface area (Å²) in [6.45, 7) is 1.45. The fraction of sp³-hybridized carbons (Fsp3) is 0.300. The number of methoxy groups -OCH3 is 1. The van der Waals surface area contributed by atoms with Gasteiger partial charge in [-0.15, -0.1) is 0 Å². The number of rotatable bonds is 7. The van der Waals surface area contributed by atoms with Crippen LogP contribution in [0.25, 0.3) is 0 Å². The van der Waals surface area contributed by atoms with E-state index >= 15 is 0 Å². The molecular formula is C20H21F3N2O3. The standard InChI is InChI=1S/C20H21F3N2O3/c1-14(26)25(17-8-5-7-16(12-17)20(21,22)23)11-10-19(27)24-13-15-6-3-4-9-18(15)28-2/h3-9,12H,10-11,13H2,1-2H3,(H,24,27). The van der Waals surface area contributed by atoms with Crippen molar-refractivity contribution in [3.05, 3.63) is 59.7 Å². The molecule has 0 atom stereocenters. The van der Waals surface area contributed by atoms with Crippen LogP contribution in [0.15, 0.2) is 48.5 Å². The van der Waals surface area contributed by atoms with Crippen molar-refractivity contribution >= 4 is 17.5 Å². The van der Waals surface area contributed by atoms with Crippen molar-refractivity contribution in [2.24, 2.45) is 0 Å². The molecule has 0 bridgehead atoms. The van der Waals surface area contributed by atoms with Crippen LogP contribution in [0.1, 0.15) is 24.5 Å². The van der Waals surface area contributed by atoms with E-state index in [1.165, 1.54) is 26.2 Å². The normalized spacial score (nSPS) is 11.0. The molecule has 0 aliphatic rings. The summed E-state index contributed by atoms with van der Waals surface area (Å²) >= 11 is 0. The fourth-order valence-corrected chi connectivity index (χ4v) is 2.66. The minimum atomic E-state index is -4.51. The Hall–Kier alpha value is -3.03. The summed E-state index contributed by atoms with van der Waals surface area (Å²) in [6, 6.07) is 11.7. The summed E-state index contributed by atoms with van der Waals surface area (Å²) in [7, 11) is 1.53. The second-order valence-corrected chi connectivity index (χ2v) is 6.06. The fourth-order valence-electron chi connectivity index (χ4n) is 2.66. The number of halogens is 3. The summed E-state index contributed by atoms with van der Waals surface area (Å²) < 4.78 is 43.9. The summed E-state index contributed by atoms with van der Waals surface area (Å²) in [5.41, 5.74) is 0.0383. The lowest BCUT2D eigenvalue weighted by Crippen LogP contribution is -2.34. The highest BCUT2D eigenvalue weighted by atomic mass is 19.4. The first-order chi connectivity index (χ1) is 13.2. The van der Waals surface area contributed by atoms with Gasteiger partial charge in [-0.05, 0) is 24.3 Å². The van der Waals surface area contributed by atoms with E-state index in [4.69, 9.17) is 4.74 Å². The highest BCUT2D eigenvalue weighted by Crippen LogP contribution is 2.31. The predicted molar refractivity (Wildman–Crippen MR) is 98.9 cm³/mol. The number of para-hydroxylation sites is 1. The molecule has 5 nitrogen and oxygen atoms in total. The van der Waals surface area contributed by atoms with Crippen molar-refractivity contribution in [2.45, 2.75) is 26.1 Å². The van der Waals surface area contributed by atoms with Gasteiger partial charge in [0, 0.05) is 37.7 Å². The Labute approximate surface area is 161 Å². The van der Waals surface area contributed by atoms with Crippen LogP contribution in [0.3, 0.4) is 0 Å². The van der Waals surface area contributed by atoms with E-state index in [1.807, 2.05) is 18.2 Å². The molecular weight excluding hydrogens is 373 g/mol. The molecule has 0 aliphatic carbocycles. The number of anilines is 1. The second-order valence-electron chi connectivity index (χ2n) is 6.06. The van der Waals surface area contributed by atoms with Crippen LogP contribution in [-0.2, 0) is 22.3 Å². The molecule has 0 saturated heterocycles. The monoisotopic (exact) mass is 394 g/mol. The van der Waals surface area contributed by atoms with Gasteiger partial charge in [-0.2, -0.15) is 13.2 Å². The van der Waals surface area contributed by atoms with Gasteiger partial charge in [0.15, 0.2) is 0 Å². The Bertz CT molecular complexity index is 837. The van der Waals surface area contributed by atoms with Crippen molar-refractivity contribution in [1.82, 2.24) is 5.32 Å². The largest absolute Gasteiger partial charge is 0.496 e. The molecule has 0 radical (unpaired) electrons. The molecule has 0 spiro atoms. The molecule has 150 valence electrons. The average molecular weight is 394 g/mol. The molecule has 28 heavy (non-hydrogen) atoms. The van der Waals surface area contributed by atoms with Crippen molar-refractivity contribution < 1.29 is 27.5 Å².